The number of hydrogen-bond donors (Lipinski definition) is 3. The largest absolute Gasteiger partial charge is 0.383 e. The van der Waals surface area contributed by atoms with Gasteiger partial charge in [0, 0.05) is 70.5 Å². The Balaban J connectivity index is 1.42. The third-order valence-corrected chi connectivity index (χ3v) is 5.57. The van der Waals surface area contributed by atoms with Gasteiger partial charge in [-0.1, -0.05) is 18.2 Å². The van der Waals surface area contributed by atoms with Gasteiger partial charge in [-0.2, -0.15) is 0 Å². The molecule has 1 fully saturated rings. The highest BCUT2D eigenvalue weighted by molar-refractivity contribution is 5.86. The van der Waals surface area contributed by atoms with E-state index in [9.17, 15) is 4.79 Å². The van der Waals surface area contributed by atoms with Crippen molar-refractivity contribution in [1.29, 1.82) is 0 Å². The molecule has 30 heavy (non-hydrogen) atoms. The zero-order valence-electron chi connectivity index (χ0n) is 18.3. The molecule has 1 aliphatic rings. The Morgan fingerprint density at radius 3 is 2.73 bits per heavy atom. The number of para-hydroxylation sites is 1. The quantitative estimate of drug-likeness (QED) is 0.341. The van der Waals surface area contributed by atoms with Crippen LogP contribution in [0.15, 0.2) is 29.4 Å². The van der Waals surface area contributed by atoms with Crippen LogP contribution in [0.2, 0.25) is 0 Å². The number of ether oxygens (including phenoxy) is 1. The molecule has 2 heterocycles. The van der Waals surface area contributed by atoms with Crippen molar-refractivity contribution in [2.75, 3.05) is 66.6 Å². The number of carbonyl (C=O) groups excluding carboxylic acids is 1. The van der Waals surface area contributed by atoms with Crippen molar-refractivity contribution in [2.24, 2.45) is 4.99 Å². The Morgan fingerprint density at radius 1 is 1.20 bits per heavy atom. The van der Waals surface area contributed by atoms with Gasteiger partial charge in [0.15, 0.2) is 5.96 Å². The fraction of sp³-hybridized carbons (Fsp3) is 0.545. The standard InChI is InChI=1S/C22H34N6O2/c1-17-5-4-6-19-18(15-26-21(17)19)7-8-25-22(23-2)28-12-10-27(11-13-28)16-20(29)24-9-14-30-3/h4-6,15,26H,7-14,16H2,1-3H3,(H,23,25)(H,24,29). The number of hydrogen-bond acceptors (Lipinski definition) is 4. The van der Waals surface area contributed by atoms with Crippen molar-refractivity contribution in [1.82, 2.24) is 25.4 Å². The number of guanidine groups is 1. The Bertz CT molecular complexity index is 854. The predicted octanol–water partition coefficient (Wildman–Crippen LogP) is 0.974. The molecule has 0 unspecified atom stereocenters. The maximum atomic E-state index is 12.0. The molecule has 164 valence electrons. The van der Waals surface area contributed by atoms with Crippen LogP contribution in [0.1, 0.15) is 11.1 Å². The summed E-state index contributed by atoms with van der Waals surface area (Å²) < 4.78 is 4.96. The van der Waals surface area contributed by atoms with E-state index in [0.29, 0.717) is 19.7 Å². The lowest BCUT2D eigenvalue weighted by atomic mass is 10.1. The fourth-order valence-corrected chi connectivity index (χ4v) is 3.88. The molecular weight excluding hydrogens is 380 g/mol. The highest BCUT2D eigenvalue weighted by Crippen LogP contribution is 2.21. The van der Waals surface area contributed by atoms with Gasteiger partial charge in [-0.3, -0.25) is 14.7 Å². The summed E-state index contributed by atoms with van der Waals surface area (Å²) in [5, 5.41) is 7.67. The molecule has 0 aliphatic carbocycles. The Labute approximate surface area is 178 Å². The number of amides is 1. The van der Waals surface area contributed by atoms with Gasteiger partial charge in [-0.05, 0) is 24.5 Å². The van der Waals surface area contributed by atoms with E-state index in [1.807, 2.05) is 7.05 Å². The van der Waals surface area contributed by atoms with Crippen molar-refractivity contribution in [2.45, 2.75) is 13.3 Å². The molecular formula is C22H34N6O2. The maximum Gasteiger partial charge on any atom is 0.234 e. The molecule has 0 radical (unpaired) electrons. The van der Waals surface area contributed by atoms with E-state index in [1.54, 1.807) is 7.11 Å². The molecule has 1 saturated heterocycles. The fourth-order valence-electron chi connectivity index (χ4n) is 3.88. The number of benzene rings is 1. The maximum absolute atomic E-state index is 12.0. The molecule has 0 bridgehead atoms. The highest BCUT2D eigenvalue weighted by atomic mass is 16.5. The second-order valence-corrected chi connectivity index (χ2v) is 7.64. The number of carbonyl (C=O) groups is 1. The number of methoxy groups -OCH3 is 1. The van der Waals surface area contributed by atoms with Crippen LogP contribution in [0.25, 0.3) is 10.9 Å². The molecule has 0 spiro atoms. The summed E-state index contributed by atoms with van der Waals surface area (Å²) in [6.07, 6.45) is 3.04. The van der Waals surface area contributed by atoms with Crippen LogP contribution in [0.4, 0.5) is 0 Å². The number of fused-ring (bicyclic) bond motifs is 1. The smallest absolute Gasteiger partial charge is 0.234 e. The van der Waals surface area contributed by atoms with Crippen LogP contribution in [-0.2, 0) is 16.0 Å². The zero-order chi connectivity index (χ0) is 21.3. The van der Waals surface area contributed by atoms with E-state index in [1.165, 1.54) is 22.0 Å². The molecule has 3 N–H and O–H groups in total. The van der Waals surface area contributed by atoms with Crippen molar-refractivity contribution in [3.63, 3.8) is 0 Å². The van der Waals surface area contributed by atoms with E-state index in [2.05, 4.69) is 61.7 Å². The summed E-state index contributed by atoms with van der Waals surface area (Å²) in [5.74, 6) is 0.979. The molecule has 1 aromatic carbocycles. The summed E-state index contributed by atoms with van der Waals surface area (Å²) in [4.78, 5) is 24.3. The monoisotopic (exact) mass is 414 g/mol. The van der Waals surface area contributed by atoms with E-state index in [4.69, 9.17) is 4.74 Å². The normalized spacial score (nSPS) is 15.6. The van der Waals surface area contributed by atoms with Gasteiger partial charge in [0.05, 0.1) is 13.2 Å². The molecule has 1 aromatic heterocycles. The van der Waals surface area contributed by atoms with Crippen molar-refractivity contribution in [3.05, 3.63) is 35.5 Å². The molecule has 0 saturated carbocycles. The third kappa shape index (κ3) is 5.73. The summed E-state index contributed by atoms with van der Waals surface area (Å²) in [5.41, 5.74) is 3.81. The Kier molecular flexibility index (Phi) is 8.10. The minimum Gasteiger partial charge on any atom is -0.383 e. The number of nitrogens with zero attached hydrogens (tertiary/aromatic N) is 3. The van der Waals surface area contributed by atoms with Gasteiger partial charge < -0.3 is 25.3 Å². The molecule has 8 nitrogen and oxygen atoms in total. The Morgan fingerprint density at radius 2 is 2.00 bits per heavy atom. The van der Waals surface area contributed by atoms with Gasteiger partial charge in [0.25, 0.3) is 0 Å². The lowest BCUT2D eigenvalue weighted by Crippen LogP contribution is -2.54. The number of aryl methyl sites for hydroxylation is 1. The number of aromatic amines is 1. The van der Waals surface area contributed by atoms with Gasteiger partial charge >= 0.3 is 0 Å². The minimum absolute atomic E-state index is 0.0528. The minimum atomic E-state index is 0.0528. The SMILES string of the molecule is CN=C(NCCc1c[nH]c2c(C)cccc12)N1CCN(CC(=O)NCCOC)CC1. The summed E-state index contributed by atoms with van der Waals surface area (Å²) in [7, 11) is 3.46. The molecule has 2 aromatic rings. The summed E-state index contributed by atoms with van der Waals surface area (Å²) >= 11 is 0. The van der Waals surface area contributed by atoms with Crippen LogP contribution in [0.5, 0.6) is 0 Å². The third-order valence-electron chi connectivity index (χ3n) is 5.57. The first-order chi connectivity index (χ1) is 14.6. The summed E-state index contributed by atoms with van der Waals surface area (Å²) in [6.45, 7) is 7.90. The van der Waals surface area contributed by atoms with Crippen LogP contribution in [0, 0.1) is 6.92 Å². The number of aromatic nitrogens is 1. The molecule has 0 atom stereocenters. The highest BCUT2D eigenvalue weighted by Gasteiger charge is 2.21. The average Bonchev–Trinajstić information content (AvgIpc) is 3.17. The van der Waals surface area contributed by atoms with Crippen molar-refractivity contribution < 1.29 is 9.53 Å². The lowest BCUT2D eigenvalue weighted by Gasteiger charge is -2.36. The first kappa shape index (κ1) is 22.1. The van der Waals surface area contributed by atoms with Gasteiger partial charge in [0.2, 0.25) is 5.91 Å². The first-order valence-corrected chi connectivity index (χ1v) is 10.6. The first-order valence-electron chi connectivity index (χ1n) is 10.6. The van der Waals surface area contributed by atoms with E-state index < -0.39 is 0 Å². The number of H-pyrrole nitrogens is 1. The Hall–Kier alpha value is -2.58. The molecule has 3 rings (SSSR count). The van der Waals surface area contributed by atoms with Crippen LogP contribution >= 0.6 is 0 Å². The topological polar surface area (TPSA) is 85.0 Å². The average molecular weight is 415 g/mol. The van der Waals surface area contributed by atoms with Crippen molar-refractivity contribution in [3.8, 4) is 0 Å². The van der Waals surface area contributed by atoms with E-state index in [-0.39, 0.29) is 5.91 Å². The number of nitrogens with one attached hydrogen (secondary N) is 3. The number of piperazine rings is 1. The van der Waals surface area contributed by atoms with Gasteiger partial charge in [-0.25, -0.2) is 0 Å². The lowest BCUT2D eigenvalue weighted by molar-refractivity contribution is -0.122. The van der Waals surface area contributed by atoms with Crippen LogP contribution in [0.3, 0.4) is 0 Å². The second kappa shape index (κ2) is 11.0. The molecule has 1 aliphatic heterocycles. The molecule has 8 heteroatoms. The number of aliphatic imine (C=N–C) groups is 1. The van der Waals surface area contributed by atoms with Crippen LogP contribution < -0.4 is 10.6 Å². The second-order valence-electron chi connectivity index (χ2n) is 7.64. The van der Waals surface area contributed by atoms with Crippen molar-refractivity contribution >= 4 is 22.8 Å². The van der Waals surface area contributed by atoms with Gasteiger partial charge in [0.1, 0.15) is 0 Å². The summed E-state index contributed by atoms with van der Waals surface area (Å²) in [6, 6.07) is 6.41. The zero-order valence-corrected chi connectivity index (χ0v) is 18.3. The number of rotatable bonds is 8. The van der Waals surface area contributed by atoms with E-state index in [0.717, 1.165) is 45.1 Å². The van der Waals surface area contributed by atoms with Gasteiger partial charge in [-0.15, -0.1) is 0 Å². The predicted molar refractivity (Wildman–Crippen MR) is 121 cm³/mol. The van der Waals surface area contributed by atoms with Crippen LogP contribution in [-0.4, -0.2) is 93.2 Å². The van der Waals surface area contributed by atoms with E-state index >= 15 is 0 Å². The molecule has 1 amide bonds.